The first-order valence-electron chi connectivity index (χ1n) is 9.29. The molecule has 0 heterocycles. The van der Waals surface area contributed by atoms with Crippen LogP contribution in [0.4, 0.5) is 0 Å². The Hall–Kier alpha value is -2.80. The number of carbonyl (C=O) groups is 4. The van der Waals surface area contributed by atoms with Crippen LogP contribution in [-0.4, -0.2) is 62.1 Å². The van der Waals surface area contributed by atoms with Crippen LogP contribution < -0.4 is 21.7 Å². The van der Waals surface area contributed by atoms with Crippen molar-refractivity contribution in [2.75, 3.05) is 20.3 Å². The van der Waals surface area contributed by atoms with Gasteiger partial charge in [-0.3, -0.25) is 19.2 Å². The van der Waals surface area contributed by atoms with Crippen molar-refractivity contribution < 1.29 is 28.7 Å². The lowest BCUT2D eigenvalue weighted by Crippen LogP contribution is -2.59. The Balaban J connectivity index is 5.23. The van der Waals surface area contributed by atoms with Crippen molar-refractivity contribution in [3.63, 3.8) is 0 Å². The maximum Gasteiger partial charge on any atom is 0.325 e. The Morgan fingerprint density at radius 2 is 1.59 bits per heavy atom. The monoisotopic (exact) mass is 412 g/mol. The molecular weight excluding hydrogens is 380 g/mol. The lowest BCUT2D eigenvalue weighted by molar-refractivity contribution is -0.141. The summed E-state index contributed by atoms with van der Waals surface area (Å²) in [6.07, 6.45) is 2.34. The molecule has 0 aliphatic rings. The molecule has 5 N–H and O–H groups in total. The summed E-state index contributed by atoms with van der Waals surface area (Å²) in [4.78, 5) is 48.5. The number of amides is 3. The first-order valence-corrected chi connectivity index (χ1v) is 9.29. The van der Waals surface area contributed by atoms with E-state index >= 15 is 0 Å². The van der Waals surface area contributed by atoms with E-state index in [9.17, 15) is 19.2 Å². The van der Waals surface area contributed by atoms with Gasteiger partial charge in [-0.2, -0.15) is 0 Å². The molecule has 10 nitrogen and oxygen atoms in total. The van der Waals surface area contributed by atoms with E-state index in [2.05, 4.69) is 32.7 Å². The fourth-order valence-corrected chi connectivity index (χ4v) is 2.08. The van der Waals surface area contributed by atoms with Gasteiger partial charge in [0.25, 0.3) is 0 Å². The number of esters is 1. The first kappa shape index (κ1) is 26.2. The summed E-state index contributed by atoms with van der Waals surface area (Å²) < 4.78 is 9.49. The molecule has 0 aliphatic heterocycles. The molecule has 0 unspecified atom stereocenters. The van der Waals surface area contributed by atoms with Crippen molar-refractivity contribution in [2.45, 2.75) is 52.7 Å². The molecule has 0 aliphatic carbocycles. The molecule has 0 fully saturated rings. The van der Waals surface area contributed by atoms with Gasteiger partial charge in [-0.25, -0.2) is 0 Å². The van der Waals surface area contributed by atoms with Gasteiger partial charge in [0.1, 0.15) is 31.3 Å². The average Bonchev–Trinajstić information content (AvgIpc) is 2.67. The van der Waals surface area contributed by atoms with Gasteiger partial charge in [0.15, 0.2) is 0 Å². The molecule has 0 radical (unpaired) electrons. The highest BCUT2D eigenvalue weighted by Gasteiger charge is 2.31. The predicted molar refractivity (Wildman–Crippen MR) is 106 cm³/mol. The molecule has 164 valence electrons. The molecule has 0 aromatic carbocycles. The fourth-order valence-electron chi connectivity index (χ4n) is 2.08. The molecule has 0 saturated heterocycles. The Bertz CT molecular complexity index is 638. The molecule has 10 heteroatoms. The molecule has 0 aromatic rings. The van der Waals surface area contributed by atoms with Crippen LogP contribution >= 0.6 is 0 Å². The molecule has 0 bridgehead atoms. The van der Waals surface area contributed by atoms with Crippen molar-refractivity contribution in [3.05, 3.63) is 0 Å². The second-order valence-electron chi connectivity index (χ2n) is 7.02. The summed E-state index contributed by atoms with van der Waals surface area (Å²) in [6, 6.07) is -2.82. The smallest absolute Gasteiger partial charge is 0.325 e. The van der Waals surface area contributed by atoms with Crippen LogP contribution in [0.15, 0.2) is 0 Å². The van der Waals surface area contributed by atoms with Crippen molar-refractivity contribution in [2.24, 2.45) is 17.6 Å². The van der Waals surface area contributed by atoms with Crippen molar-refractivity contribution in [1.29, 1.82) is 0 Å². The van der Waals surface area contributed by atoms with Gasteiger partial charge >= 0.3 is 5.97 Å². The number of ether oxygens (including phenoxy) is 2. The minimum Gasteiger partial charge on any atom is -0.468 e. The first-order chi connectivity index (χ1) is 13.5. The topological polar surface area (TPSA) is 149 Å². The SMILES string of the molecule is CC#COC[C@H](NC(=O)[C@@H](NC(=O)[C@@H](N)C(C)C)C(C)C)C(=O)NCC(=O)OC. The summed E-state index contributed by atoms with van der Waals surface area (Å²) in [6.45, 7) is 8.02. The van der Waals surface area contributed by atoms with Crippen LogP contribution in [0.5, 0.6) is 0 Å². The van der Waals surface area contributed by atoms with E-state index in [1.165, 1.54) is 7.11 Å². The number of nitrogens with two attached hydrogens (primary N) is 1. The second-order valence-corrected chi connectivity index (χ2v) is 7.02. The Labute approximate surface area is 171 Å². The normalized spacial score (nSPS) is 13.4. The van der Waals surface area contributed by atoms with Gasteiger partial charge in [-0.1, -0.05) is 33.6 Å². The van der Waals surface area contributed by atoms with E-state index in [1.807, 2.05) is 0 Å². The van der Waals surface area contributed by atoms with Gasteiger partial charge in [-0.15, -0.1) is 0 Å². The molecule has 3 atom stereocenters. The zero-order valence-corrected chi connectivity index (χ0v) is 17.8. The molecular formula is C19H32N4O6. The van der Waals surface area contributed by atoms with Gasteiger partial charge in [0, 0.05) is 6.92 Å². The van der Waals surface area contributed by atoms with Gasteiger partial charge in [-0.05, 0) is 11.8 Å². The zero-order chi connectivity index (χ0) is 22.6. The molecule has 0 spiro atoms. The highest BCUT2D eigenvalue weighted by molar-refractivity contribution is 5.94. The minimum atomic E-state index is -1.13. The van der Waals surface area contributed by atoms with E-state index < -0.39 is 41.8 Å². The van der Waals surface area contributed by atoms with E-state index in [1.54, 1.807) is 34.6 Å². The van der Waals surface area contributed by atoms with Crippen molar-refractivity contribution in [1.82, 2.24) is 16.0 Å². The quantitative estimate of drug-likeness (QED) is 0.248. The summed E-state index contributed by atoms with van der Waals surface area (Å²) in [5.74, 6) is -0.230. The summed E-state index contributed by atoms with van der Waals surface area (Å²) in [5.41, 5.74) is 5.83. The van der Waals surface area contributed by atoms with Gasteiger partial charge in [0.05, 0.1) is 13.2 Å². The number of hydrogen-bond acceptors (Lipinski definition) is 7. The Morgan fingerprint density at radius 1 is 0.966 bits per heavy atom. The standard InChI is InChI=1S/C19H32N4O6/c1-7-8-29-10-13(17(25)21-9-14(24)28-6)22-19(27)16(12(4)5)23-18(26)15(20)11(2)3/h11-13,15-16H,9-10,20H2,1-6H3,(H,21,25)(H,22,27)(H,23,26)/t13-,15-,16-/m0/s1. The fraction of sp³-hybridized carbons (Fsp3) is 0.684. The van der Waals surface area contributed by atoms with E-state index in [0.29, 0.717) is 0 Å². The Morgan fingerprint density at radius 3 is 2.07 bits per heavy atom. The average molecular weight is 412 g/mol. The van der Waals surface area contributed by atoms with Crippen LogP contribution in [0.3, 0.4) is 0 Å². The van der Waals surface area contributed by atoms with E-state index in [4.69, 9.17) is 10.5 Å². The maximum absolute atomic E-state index is 12.7. The lowest BCUT2D eigenvalue weighted by Gasteiger charge is -2.26. The van der Waals surface area contributed by atoms with Crippen LogP contribution in [0, 0.1) is 23.9 Å². The van der Waals surface area contributed by atoms with Crippen molar-refractivity contribution >= 4 is 23.7 Å². The number of rotatable bonds is 11. The third-order valence-corrected chi connectivity index (χ3v) is 3.96. The number of methoxy groups -OCH3 is 1. The largest absolute Gasteiger partial charge is 0.468 e. The van der Waals surface area contributed by atoms with E-state index in [0.717, 1.165) is 0 Å². The van der Waals surface area contributed by atoms with Crippen LogP contribution in [-0.2, 0) is 28.7 Å². The molecule has 29 heavy (non-hydrogen) atoms. The lowest BCUT2D eigenvalue weighted by atomic mass is 10.00. The molecule has 0 aromatic heterocycles. The minimum absolute atomic E-state index is 0.108. The summed E-state index contributed by atoms with van der Waals surface area (Å²) in [5, 5.41) is 7.48. The van der Waals surface area contributed by atoms with Crippen LogP contribution in [0.25, 0.3) is 0 Å². The van der Waals surface area contributed by atoms with Crippen LogP contribution in [0.2, 0.25) is 0 Å². The summed E-state index contributed by atoms with van der Waals surface area (Å²) >= 11 is 0. The second kappa shape index (κ2) is 13.4. The van der Waals surface area contributed by atoms with Crippen molar-refractivity contribution in [3.8, 4) is 12.0 Å². The highest BCUT2D eigenvalue weighted by Crippen LogP contribution is 2.05. The van der Waals surface area contributed by atoms with Gasteiger partial charge < -0.3 is 31.2 Å². The molecule has 3 amide bonds. The predicted octanol–water partition coefficient (Wildman–Crippen LogP) is -1.12. The zero-order valence-electron chi connectivity index (χ0n) is 17.8. The summed E-state index contributed by atoms with van der Waals surface area (Å²) in [7, 11) is 1.19. The van der Waals surface area contributed by atoms with E-state index in [-0.39, 0.29) is 25.0 Å². The third kappa shape index (κ3) is 9.80. The number of nitrogens with one attached hydrogen (secondary N) is 3. The highest BCUT2D eigenvalue weighted by atomic mass is 16.5. The van der Waals surface area contributed by atoms with Gasteiger partial charge in [0.2, 0.25) is 17.7 Å². The maximum atomic E-state index is 12.7. The molecule has 0 rings (SSSR count). The number of hydrogen-bond donors (Lipinski definition) is 4. The van der Waals surface area contributed by atoms with Crippen LogP contribution in [0.1, 0.15) is 34.6 Å². The third-order valence-electron chi connectivity index (χ3n) is 3.96. The molecule has 0 saturated carbocycles. The number of carbonyl (C=O) groups excluding carboxylic acids is 4. The Kier molecular flexibility index (Phi) is 12.1.